The number of benzene rings is 3. The first-order chi connectivity index (χ1) is 17.4. The van der Waals surface area contributed by atoms with Crippen LogP contribution in [0.4, 0.5) is 10.1 Å². The number of nitrogens with zero attached hydrogens (tertiary/aromatic N) is 1. The van der Waals surface area contributed by atoms with Crippen LogP contribution in [0.2, 0.25) is 0 Å². The van der Waals surface area contributed by atoms with Crippen molar-refractivity contribution in [3.63, 3.8) is 0 Å². The summed E-state index contributed by atoms with van der Waals surface area (Å²) in [6, 6.07) is 19.4. The number of carbonyl (C=O) groups excluding carboxylic acids is 1. The molecule has 0 atom stereocenters. The van der Waals surface area contributed by atoms with E-state index in [9.17, 15) is 14.3 Å². The molecule has 3 aromatic carbocycles. The number of ether oxygens (including phenoxy) is 2. The third kappa shape index (κ3) is 6.19. The molecule has 0 aliphatic carbocycles. The molecule has 0 unspecified atom stereocenters. The van der Waals surface area contributed by atoms with E-state index >= 15 is 0 Å². The van der Waals surface area contributed by atoms with Crippen molar-refractivity contribution in [1.82, 2.24) is 0 Å². The lowest BCUT2D eigenvalue weighted by Crippen LogP contribution is -2.12. The molecule has 1 N–H and O–H groups in total. The molecule has 0 spiro atoms. The van der Waals surface area contributed by atoms with Gasteiger partial charge in [-0.25, -0.2) is 14.2 Å². The Labute approximate surface area is 234 Å². The van der Waals surface area contributed by atoms with Gasteiger partial charge in [-0.15, -0.1) is 0 Å². The number of hydrogen-bond donors (Lipinski definition) is 1. The average molecular weight is 680 g/mol. The lowest BCUT2D eigenvalue weighted by atomic mass is 10.1. The summed E-state index contributed by atoms with van der Waals surface area (Å²) in [7, 11) is 0. The Hall–Kier alpha value is -2.63. The van der Waals surface area contributed by atoms with Gasteiger partial charge in [0.15, 0.2) is 0 Å². The highest BCUT2D eigenvalue weighted by Gasteiger charge is 2.33. The molecule has 9 heteroatoms. The smallest absolute Gasteiger partial charge is 0.344 e. The molecule has 0 amide bonds. The minimum absolute atomic E-state index is 0.0376. The molecule has 184 valence electrons. The second kappa shape index (κ2) is 12.1. The normalized spacial score (nSPS) is 15.6. The molecular weight excluding hydrogens is 660 g/mol. The van der Waals surface area contributed by atoms with Gasteiger partial charge in [-0.3, -0.25) is 0 Å². The van der Waals surface area contributed by atoms with E-state index in [4.69, 9.17) is 9.47 Å². The summed E-state index contributed by atoms with van der Waals surface area (Å²) in [5, 5.41) is 11.3. The fourth-order valence-electron chi connectivity index (χ4n) is 3.33. The van der Waals surface area contributed by atoms with Crippen molar-refractivity contribution < 1.29 is 23.8 Å². The molecule has 0 saturated carbocycles. The van der Waals surface area contributed by atoms with Gasteiger partial charge in [0.05, 0.1) is 25.2 Å². The molecule has 0 radical (unpaired) electrons. The van der Waals surface area contributed by atoms with Crippen molar-refractivity contribution in [3.05, 3.63) is 108 Å². The Kier molecular flexibility index (Phi) is 8.86. The lowest BCUT2D eigenvalue weighted by Gasteiger charge is -2.12. The predicted octanol–water partition coefficient (Wildman–Crippen LogP) is 7.96. The number of esters is 1. The molecule has 4 rings (SSSR count). The fraction of sp³-hybridized carbons (Fsp3) is 0.111. The maximum Gasteiger partial charge on any atom is 0.344 e. The minimum Gasteiger partial charge on any atom is -0.506 e. The molecule has 0 aromatic heterocycles. The molecule has 3 aromatic rings. The van der Waals surface area contributed by atoms with E-state index in [-0.39, 0.29) is 30.4 Å². The maximum absolute atomic E-state index is 14.0. The average Bonchev–Trinajstić information content (AvgIpc) is 3.14. The monoisotopic (exact) mass is 679 g/mol. The van der Waals surface area contributed by atoms with Gasteiger partial charge in [-0.05, 0) is 87.4 Å². The molecule has 1 heterocycles. The van der Waals surface area contributed by atoms with Crippen LogP contribution in [0.25, 0.3) is 6.08 Å². The molecule has 1 aliphatic rings. The van der Waals surface area contributed by atoms with E-state index in [1.54, 1.807) is 31.2 Å². The molecule has 5 nitrogen and oxygen atoms in total. The van der Waals surface area contributed by atoms with E-state index < -0.39 is 5.97 Å². The first-order valence-electron chi connectivity index (χ1n) is 10.9. The van der Waals surface area contributed by atoms with Crippen molar-refractivity contribution in [2.24, 2.45) is 4.99 Å². The first kappa shape index (κ1) is 26.4. The van der Waals surface area contributed by atoms with Crippen LogP contribution in [-0.4, -0.2) is 22.7 Å². The van der Waals surface area contributed by atoms with E-state index in [0.717, 1.165) is 9.13 Å². The van der Waals surface area contributed by atoms with Crippen molar-refractivity contribution in [2.45, 2.75) is 13.5 Å². The quantitative estimate of drug-likeness (QED) is 0.203. The van der Waals surface area contributed by atoms with Crippen molar-refractivity contribution in [1.29, 1.82) is 0 Å². The Balaban J connectivity index is 1.64. The van der Waals surface area contributed by atoms with Gasteiger partial charge >= 0.3 is 5.97 Å². The largest absolute Gasteiger partial charge is 0.506 e. The SMILES string of the molecule is CCOC(=O)C1=C(O)/C(=C/c2cc(Br)c(OCc3ccccc3F)c(I)c2)SC1=Nc1ccccc1. The minimum atomic E-state index is -0.631. The molecular formula is C27H20BrFINO4S. The summed E-state index contributed by atoms with van der Waals surface area (Å²) in [6.07, 6.45) is 1.76. The number of rotatable bonds is 7. The third-order valence-electron chi connectivity index (χ3n) is 5.01. The summed E-state index contributed by atoms with van der Waals surface area (Å²) in [4.78, 5) is 17.6. The van der Waals surface area contributed by atoms with E-state index in [1.807, 2.05) is 42.5 Å². The summed E-state index contributed by atoms with van der Waals surface area (Å²) in [6.45, 7) is 1.97. The van der Waals surface area contributed by atoms with Crippen LogP contribution in [0.1, 0.15) is 18.1 Å². The molecule has 0 fully saturated rings. The molecule has 0 bridgehead atoms. The fourth-order valence-corrected chi connectivity index (χ4v) is 6.13. The highest BCUT2D eigenvalue weighted by molar-refractivity contribution is 14.1. The number of aliphatic imine (C=N–C) groups is 1. The third-order valence-corrected chi connectivity index (χ3v) is 7.42. The Morgan fingerprint density at radius 3 is 2.58 bits per heavy atom. The van der Waals surface area contributed by atoms with Crippen LogP contribution in [-0.2, 0) is 16.1 Å². The number of thioether (sulfide) groups is 1. The van der Waals surface area contributed by atoms with Gasteiger partial charge in [0, 0.05) is 5.56 Å². The highest BCUT2D eigenvalue weighted by atomic mass is 127. The van der Waals surface area contributed by atoms with Gasteiger partial charge in [0.1, 0.15) is 34.5 Å². The zero-order valence-corrected chi connectivity index (χ0v) is 23.6. The standard InChI is InChI=1S/C27H20BrFINO4S/c1-2-34-27(33)23-24(32)22(36-26(23)31-18-9-4-3-5-10-18)14-16-12-19(28)25(21(30)13-16)35-15-17-8-6-7-11-20(17)29/h3-14,32H,2,15H2,1H3/b22-14-,31-26?. The van der Waals surface area contributed by atoms with Crippen LogP contribution >= 0.6 is 50.3 Å². The number of para-hydroxylation sites is 1. The van der Waals surface area contributed by atoms with Crippen molar-refractivity contribution in [2.75, 3.05) is 6.61 Å². The van der Waals surface area contributed by atoms with Crippen LogP contribution < -0.4 is 4.74 Å². The highest BCUT2D eigenvalue weighted by Crippen LogP contribution is 2.41. The van der Waals surface area contributed by atoms with Crippen molar-refractivity contribution >= 4 is 73.1 Å². The van der Waals surface area contributed by atoms with Gasteiger partial charge in [-0.2, -0.15) is 0 Å². The summed E-state index contributed by atoms with van der Waals surface area (Å²) in [5.41, 5.74) is 1.92. The number of aliphatic hydroxyl groups excluding tert-OH is 1. The predicted molar refractivity (Wildman–Crippen MR) is 153 cm³/mol. The van der Waals surface area contributed by atoms with E-state index in [2.05, 4.69) is 43.5 Å². The number of halogens is 3. The zero-order valence-electron chi connectivity index (χ0n) is 19.0. The van der Waals surface area contributed by atoms with Gasteiger partial charge in [0.25, 0.3) is 0 Å². The lowest BCUT2D eigenvalue weighted by molar-refractivity contribution is -0.138. The molecule has 0 saturated heterocycles. The number of aliphatic hydroxyl groups is 1. The topological polar surface area (TPSA) is 68.1 Å². The number of carbonyl (C=O) groups is 1. The summed E-state index contributed by atoms with van der Waals surface area (Å²) in [5.74, 6) is -0.554. The Morgan fingerprint density at radius 1 is 1.17 bits per heavy atom. The molecule has 1 aliphatic heterocycles. The van der Waals surface area contributed by atoms with Crippen LogP contribution in [0.5, 0.6) is 5.75 Å². The zero-order chi connectivity index (χ0) is 25.7. The Morgan fingerprint density at radius 2 is 1.89 bits per heavy atom. The van der Waals surface area contributed by atoms with Gasteiger partial charge in [-0.1, -0.05) is 48.2 Å². The second-order valence-electron chi connectivity index (χ2n) is 7.50. The Bertz CT molecular complexity index is 1370. The molecule has 36 heavy (non-hydrogen) atoms. The second-order valence-corrected chi connectivity index (χ2v) is 10.5. The van der Waals surface area contributed by atoms with Crippen molar-refractivity contribution in [3.8, 4) is 5.75 Å². The van der Waals surface area contributed by atoms with Crippen LogP contribution in [0, 0.1) is 9.39 Å². The van der Waals surface area contributed by atoms with Gasteiger partial charge < -0.3 is 14.6 Å². The summed E-state index contributed by atoms with van der Waals surface area (Å²) >= 11 is 6.87. The maximum atomic E-state index is 14.0. The van der Waals surface area contributed by atoms with Crippen LogP contribution in [0.15, 0.2) is 92.4 Å². The van der Waals surface area contributed by atoms with E-state index in [0.29, 0.717) is 31.4 Å². The summed E-state index contributed by atoms with van der Waals surface area (Å²) < 4.78 is 26.5. The number of hydrogen-bond acceptors (Lipinski definition) is 6. The van der Waals surface area contributed by atoms with Crippen LogP contribution in [0.3, 0.4) is 0 Å². The first-order valence-corrected chi connectivity index (χ1v) is 13.6. The van der Waals surface area contributed by atoms with E-state index in [1.165, 1.54) is 17.8 Å². The van der Waals surface area contributed by atoms with Gasteiger partial charge in [0.2, 0.25) is 0 Å².